The van der Waals surface area contributed by atoms with Crippen molar-refractivity contribution in [1.29, 1.82) is 0 Å². The first-order chi connectivity index (χ1) is 8.82. The summed E-state index contributed by atoms with van der Waals surface area (Å²) < 4.78 is 0. The van der Waals surface area contributed by atoms with Crippen LogP contribution in [0.15, 0.2) is 18.2 Å². The molecule has 0 aromatic heterocycles. The van der Waals surface area contributed by atoms with Gasteiger partial charge in [-0.05, 0) is 30.5 Å². The van der Waals surface area contributed by atoms with E-state index < -0.39 is 6.04 Å². The van der Waals surface area contributed by atoms with Crippen molar-refractivity contribution in [3.8, 4) is 0 Å². The maximum absolute atomic E-state index is 12.2. The Hall–Kier alpha value is -1.55. The minimum atomic E-state index is -0.559. The summed E-state index contributed by atoms with van der Waals surface area (Å²) in [5.74, 6) is -0.462. The monoisotopic (exact) mass is 282 g/mol. The molecular weight excluding hydrogens is 264 g/mol. The summed E-state index contributed by atoms with van der Waals surface area (Å²) in [6.07, 6.45) is 0. The van der Waals surface area contributed by atoms with E-state index >= 15 is 0 Å². The van der Waals surface area contributed by atoms with Crippen molar-refractivity contribution in [1.82, 2.24) is 5.32 Å². The fourth-order valence-electron chi connectivity index (χ4n) is 1.71. The molecule has 2 N–H and O–H groups in total. The number of carbonyl (C=O) groups is 2. The van der Waals surface area contributed by atoms with Crippen molar-refractivity contribution in [3.05, 3.63) is 28.8 Å². The smallest absolute Gasteiger partial charge is 0.247 e. The van der Waals surface area contributed by atoms with Crippen molar-refractivity contribution in [2.75, 3.05) is 5.32 Å². The predicted octanol–water partition coefficient (Wildman–Crippen LogP) is 2.75. The van der Waals surface area contributed by atoms with E-state index in [4.69, 9.17) is 11.6 Å². The van der Waals surface area contributed by atoms with Gasteiger partial charge in [0.2, 0.25) is 11.8 Å². The van der Waals surface area contributed by atoms with Crippen molar-refractivity contribution in [2.45, 2.75) is 33.7 Å². The maximum atomic E-state index is 12.2. The average Bonchev–Trinajstić information content (AvgIpc) is 2.31. The van der Waals surface area contributed by atoms with Crippen LogP contribution < -0.4 is 10.6 Å². The van der Waals surface area contributed by atoms with E-state index in [9.17, 15) is 9.59 Å². The largest absolute Gasteiger partial charge is 0.344 e. The lowest BCUT2D eigenvalue weighted by atomic mass is 10.0. The second kappa shape index (κ2) is 6.57. The summed E-state index contributed by atoms with van der Waals surface area (Å²) in [4.78, 5) is 23.3. The van der Waals surface area contributed by atoms with E-state index in [0.717, 1.165) is 5.56 Å². The lowest BCUT2D eigenvalue weighted by molar-refractivity contribution is -0.126. The number of halogens is 1. The number of amides is 2. The van der Waals surface area contributed by atoms with Gasteiger partial charge in [0.1, 0.15) is 6.04 Å². The number of hydrogen-bond donors (Lipinski definition) is 2. The van der Waals surface area contributed by atoms with Crippen LogP contribution in [0.25, 0.3) is 0 Å². The summed E-state index contributed by atoms with van der Waals surface area (Å²) in [6, 6.07) is 4.76. The van der Waals surface area contributed by atoms with Gasteiger partial charge in [0.15, 0.2) is 0 Å². The van der Waals surface area contributed by atoms with Gasteiger partial charge in [-0.3, -0.25) is 9.59 Å². The summed E-state index contributed by atoms with van der Waals surface area (Å²) in [7, 11) is 0. The summed E-state index contributed by atoms with van der Waals surface area (Å²) in [5, 5.41) is 6.04. The molecule has 2 amide bonds. The van der Waals surface area contributed by atoms with Crippen LogP contribution >= 0.6 is 11.6 Å². The van der Waals surface area contributed by atoms with Crippen molar-refractivity contribution >= 4 is 29.1 Å². The molecule has 19 heavy (non-hydrogen) atoms. The Kier molecular flexibility index (Phi) is 5.36. The summed E-state index contributed by atoms with van der Waals surface area (Å²) in [5.41, 5.74) is 1.47. The van der Waals surface area contributed by atoms with E-state index in [-0.39, 0.29) is 17.7 Å². The summed E-state index contributed by atoms with van der Waals surface area (Å²) >= 11 is 6.00. The van der Waals surface area contributed by atoms with E-state index in [1.165, 1.54) is 6.92 Å². The second-order valence-corrected chi connectivity index (χ2v) is 5.23. The van der Waals surface area contributed by atoms with E-state index in [1.54, 1.807) is 18.2 Å². The Morgan fingerprint density at radius 1 is 1.26 bits per heavy atom. The van der Waals surface area contributed by atoms with Gasteiger partial charge in [-0.2, -0.15) is 0 Å². The van der Waals surface area contributed by atoms with Crippen LogP contribution in [-0.4, -0.2) is 17.9 Å². The zero-order chi connectivity index (χ0) is 14.6. The quantitative estimate of drug-likeness (QED) is 0.892. The van der Waals surface area contributed by atoms with Gasteiger partial charge in [-0.1, -0.05) is 31.5 Å². The third kappa shape index (κ3) is 4.24. The zero-order valence-electron chi connectivity index (χ0n) is 11.6. The molecule has 0 bridgehead atoms. The fraction of sp³-hybridized carbons (Fsp3) is 0.429. The minimum Gasteiger partial charge on any atom is -0.344 e. The molecule has 5 heteroatoms. The first-order valence-corrected chi connectivity index (χ1v) is 6.53. The SMILES string of the molecule is CC(=O)NC(C(=O)Nc1cccc(Cl)c1C)C(C)C. The topological polar surface area (TPSA) is 58.2 Å². The standard InChI is InChI=1S/C14H19ClN2O2/c1-8(2)13(16-10(4)18)14(19)17-12-7-5-6-11(15)9(12)3/h5-8,13H,1-4H3,(H,16,18)(H,17,19). The van der Waals surface area contributed by atoms with Gasteiger partial charge in [0.05, 0.1) is 0 Å². The van der Waals surface area contributed by atoms with Crippen molar-refractivity contribution < 1.29 is 9.59 Å². The first kappa shape index (κ1) is 15.5. The number of carbonyl (C=O) groups excluding carboxylic acids is 2. The van der Waals surface area contributed by atoms with Gasteiger partial charge in [-0.25, -0.2) is 0 Å². The molecule has 1 aromatic carbocycles. The Morgan fingerprint density at radius 2 is 1.89 bits per heavy atom. The highest BCUT2D eigenvalue weighted by Gasteiger charge is 2.23. The van der Waals surface area contributed by atoms with Crippen LogP contribution in [0.4, 0.5) is 5.69 Å². The molecular formula is C14H19ClN2O2. The normalized spacial score (nSPS) is 12.1. The van der Waals surface area contributed by atoms with Crippen LogP contribution in [0.1, 0.15) is 26.3 Å². The Balaban J connectivity index is 2.87. The molecule has 0 saturated carbocycles. The number of hydrogen-bond acceptors (Lipinski definition) is 2. The van der Waals surface area contributed by atoms with Crippen LogP contribution in [0.3, 0.4) is 0 Å². The molecule has 1 unspecified atom stereocenters. The Bertz CT molecular complexity index is 486. The molecule has 0 aliphatic heterocycles. The number of benzene rings is 1. The van der Waals surface area contributed by atoms with Crippen LogP contribution in [0.5, 0.6) is 0 Å². The van der Waals surface area contributed by atoms with Gasteiger partial charge in [-0.15, -0.1) is 0 Å². The molecule has 0 saturated heterocycles. The molecule has 4 nitrogen and oxygen atoms in total. The number of nitrogens with one attached hydrogen (secondary N) is 2. The third-order valence-corrected chi connectivity index (χ3v) is 3.24. The zero-order valence-corrected chi connectivity index (χ0v) is 12.3. The predicted molar refractivity (Wildman–Crippen MR) is 77.3 cm³/mol. The average molecular weight is 283 g/mol. The summed E-state index contributed by atoms with van der Waals surface area (Å²) in [6.45, 7) is 6.99. The molecule has 0 radical (unpaired) electrons. The van der Waals surface area contributed by atoms with Crippen LogP contribution in [0.2, 0.25) is 5.02 Å². The lowest BCUT2D eigenvalue weighted by Crippen LogP contribution is -2.46. The van der Waals surface area contributed by atoms with Crippen LogP contribution in [-0.2, 0) is 9.59 Å². The molecule has 0 fully saturated rings. The van der Waals surface area contributed by atoms with E-state index in [1.807, 2.05) is 20.8 Å². The lowest BCUT2D eigenvalue weighted by Gasteiger charge is -2.21. The Labute approximate surface area is 118 Å². The highest BCUT2D eigenvalue weighted by Crippen LogP contribution is 2.23. The van der Waals surface area contributed by atoms with Gasteiger partial charge in [0, 0.05) is 17.6 Å². The first-order valence-electron chi connectivity index (χ1n) is 6.16. The molecule has 1 aromatic rings. The van der Waals surface area contributed by atoms with Gasteiger partial charge >= 0.3 is 0 Å². The fourth-order valence-corrected chi connectivity index (χ4v) is 1.88. The molecule has 0 heterocycles. The van der Waals surface area contributed by atoms with Crippen molar-refractivity contribution in [2.24, 2.45) is 5.92 Å². The maximum Gasteiger partial charge on any atom is 0.247 e. The molecule has 0 spiro atoms. The molecule has 1 atom stereocenters. The van der Waals surface area contributed by atoms with Crippen LogP contribution in [0, 0.1) is 12.8 Å². The highest BCUT2D eigenvalue weighted by atomic mass is 35.5. The van der Waals surface area contributed by atoms with E-state index in [2.05, 4.69) is 10.6 Å². The highest BCUT2D eigenvalue weighted by molar-refractivity contribution is 6.31. The van der Waals surface area contributed by atoms with E-state index in [0.29, 0.717) is 10.7 Å². The Morgan fingerprint density at radius 3 is 2.42 bits per heavy atom. The van der Waals surface area contributed by atoms with Crippen molar-refractivity contribution in [3.63, 3.8) is 0 Å². The minimum absolute atomic E-state index is 0.00314. The molecule has 104 valence electrons. The number of anilines is 1. The molecule has 0 aliphatic rings. The molecule has 0 aliphatic carbocycles. The number of rotatable bonds is 4. The molecule has 1 rings (SSSR count). The third-order valence-electron chi connectivity index (χ3n) is 2.83. The second-order valence-electron chi connectivity index (χ2n) is 4.82. The van der Waals surface area contributed by atoms with Gasteiger partial charge in [0.25, 0.3) is 0 Å². The van der Waals surface area contributed by atoms with Gasteiger partial charge < -0.3 is 10.6 Å².